The van der Waals surface area contributed by atoms with Crippen molar-refractivity contribution < 1.29 is 28.4 Å². The number of unbranched alkanes of at least 4 members (excludes halogenated alkanes) is 40. The molecule has 1 amide bonds. The number of nitrogens with two attached hydrogens (primary N) is 1. The summed E-state index contributed by atoms with van der Waals surface area (Å²) in [6.07, 6.45) is 58.6. The van der Waals surface area contributed by atoms with Crippen LogP contribution in [0.4, 0.5) is 0 Å². The molecule has 8 nitrogen and oxygen atoms in total. The average molecular weight is 899 g/mol. The molecule has 0 radical (unpaired) electrons. The van der Waals surface area contributed by atoms with Gasteiger partial charge < -0.3 is 21.1 Å². The van der Waals surface area contributed by atoms with Gasteiger partial charge >= 0.3 is 7.82 Å². The average Bonchev–Trinajstić information content (AvgIpc) is 3.26. The van der Waals surface area contributed by atoms with Crippen molar-refractivity contribution in [2.45, 2.75) is 302 Å². The molecular formula is C53H107N2O6P. The number of aliphatic hydroxyl groups is 1. The molecule has 9 heteroatoms. The lowest BCUT2D eigenvalue weighted by atomic mass is 10.0. The fraction of sp³-hybridized carbons (Fsp3) is 0.943. The van der Waals surface area contributed by atoms with Gasteiger partial charge in [0.25, 0.3) is 0 Å². The molecule has 3 atom stereocenters. The van der Waals surface area contributed by atoms with Crippen molar-refractivity contribution >= 4 is 13.7 Å². The molecular weight excluding hydrogens is 792 g/mol. The third kappa shape index (κ3) is 47.2. The minimum absolute atomic E-state index is 0.0817. The van der Waals surface area contributed by atoms with E-state index in [4.69, 9.17) is 14.8 Å². The molecule has 0 spiro atoms. The van der Waals surface area contributed by atoms with E-state index in [-0.39, 0.29) is 25.7 Å². The molecule has 0 aromatic heterocycles. The van der Waals surface area contributed by atoms with Crippen LogP contribution in [0.1, 0.15) is 290 Å². The largest absolute Gasteiger partial charge is 0.472 e. The Balaban J connectivity index is 3.97. The number of aliphatic hydroxyl groups excluding tert-OH is 1. The van der Waals surface area contributed by atoms with Crippen molar-refractivity contribution in [1.29, 1.82) is 0 Å². The first-order valence-corrected chi connectivity index (χ1v) is 28.8. The summed E-state index contributed by atoms with van der Waals surface area (Å²) in [7, 11) is -4.34. The van der Waals surface area contributed by atoms with Crippen LogP contribution in [0.5, 0.6) is 0 Å². The summed E-state index contributed by atoms with van der Waals surface area (Å²) < 4.78 is 22.2. The predicted molar refractivity (Wildman–Crippen MR) is 268 cm³/mol. The van der Waals surface area contributed by atoms with Crippen LogP contribution in [0.15, 0.2) is 12.2 Å². The van der Waals surface area contributed by atoms with Crippen molar-refractivity contribution in [3.8, 4) is 0 Å². The fourth-order valence-electron chi connectivity index (χ4n) is 8.49. The van der Waals surface area contributed by atoms with E-state index in [0.29, 0.717) is 6.42 Å². The zero-order valence-corrected chi connectivity index (χ0v) is 42.3. The Labute approximate surface area is 385 Å². The molecule has 0 saturated heterocycles. The zero-order valence-electron chi connectivity index (χ0n) is 41.4. The second-order valence-corrected chi connectivity index (χ2v) is 20.3. The van der Waals surface area contributed by atoms with Crippen molar-refractivity contribution in [1.82, 2.24) is 5.32 Å². The van der Waals surface area contributed by atoms with Crippen LogP contribution in [0.25, 0.3) is 0 Å². The van der Waals surface area contributed by atoms with Gasteiger partial charge in [-0.2, -0.15) is 0 Å². The SMILES string of the molecule is CCCCCCCCCCCCCCCCC/C=C/[C@@H](O)[C@H](COP(=O)(O)OCCN)NC(=O)CCCCCCCCCCCCCCCCCCCCCCCCCCCC. The Hall–Kier alpha value is -0.760. The number of allylic oxidation sites excluding steroid dienone is 1. The molecule has 0 fully saturated rings. The van der Waals surface area contributed by atoms with Gasteiger partial charge in [-0.3, -0.25) is 13.8 Å². The van der Waals surface area contributed by atoms with Gasteiger partial charge in [-0.1, -0.05) is 276 Å². The summed E-state index contributed by atoms with van der Waals surface area (Å²) in [5.74, 6) is -0.187. The van der Waals surface area contributed by atoms with Crippen LogP contribution >= 0.6 is 7.82 Å². The van der Waals surface area contributed by atoms with Gasteiger partial charge in [-0.15, -0.1) is 0 Å². The van der Waals surface area contributed by atoms with Crippen molar-refractivity contribution in [2.75, 3.05) is 19.8 Å². The van der Waals surface area contributed by atoms with Gasteiger partial charge in [0.05, 0.1) is 25.4 Å². The summed E-state index contributed by atoms with van der Waals surface area (Å²) in [6.45, 7) is 4.19. The van der Waals surface area contributed by atoms with Crippen molar-refractivity contribution in [3.63, 3.8) is 0 Å². The lowest BCUT2D eigenvalue weighted by molar-refractivity contribution is -0.123. The van der Waals surface area contributed by atoms with Crippen molar-refractivity contribution in [3.05, 3.63) is 12.2 Å². The highest BCUT2D eigenvalue weighted by Crippen LogP contribution is 2.43. The van der Waals surface area contributed by atoms with E-state index in [1.807, 2.05) is 6.08 Å². The lowest BCUT2D eigenvalue weighted by Crippen LogP contribution is -2.45. The maximum Gasteiger partial charge on any atom is 0.472 e. The Morgan fingerprint density at radius 2 is 0.823 bits per heavy atom. The van der Waals surface area contributed by atoms with Gasteiger partial charge in [0.15, 0.2) is 0 Å². The molecule has 370 valence electrons. The molecule has 0 aliphatic heterocycles. The van der Waals surface area contributed by atoms with Crippen LogP contribution in [0.3, 0.4) is 0 Å². The Bertz CT molecular complexity index is 984. The normalized spacial score (nSPS) is 13.8. The first-order chi connectivity index (χ1) is 30.4. The number of rotatable bonds is 52. The van der Waals surface area contributed by atoms with E-state index >= 15 is 0 Å². The maximum absolute atomic E-state index is 12.8. The second kappa shape index (κ2) is 49.7. The quantitative estimate of drug-likeness (QED) is 0.0272. The van der Waals surface area contributed by atoms with Gasteiger partial charge in [-0.25, -0.2) is 4.57 Å². The highest BCUT2D eigenvalue weighted by molar-refractivity contribution is 7.47. The number of hydrogen-bond donors (Lipinski definition) is 4. The minimum atomic E-state index is -4.34. The van der Waals surface area contributed by atoms with E-state index in [2.05, 4.69) is 19.2 Å². The third-order valence-electron chi connectivity index (χ3n) is 12.6. The molecule has 0 saturated carbocycles. The molecule has 0 rings (SSSR count). The summed E-state index contributed by atoms with van der Waals surface area (Å²) in [4.78, 5) is 22.8. The van der Waals surface area contributed by atoms with Gasteiger partial charge in [-0.05, 0) is 19.3 Å². The number of nitrogens with one attached hydrogen (secondary N) is 1. The topological polar surface area (TPSA) is 131 Å². The summed E-state index contributed by atoms with van der Waals surface area (Å²) in [6, 6.07) is -0.856. The predicted octanol–water partition coefficient (Wildman–Crippen LogP) is 16.3. The smallest absolute Gasteiger partial charge is 0.387 e. The van der Waals surface area contributed by atoms with E-state index in [9.17, 15) is 19.4 Å². The fourth-order valence-corrected chi connectivity index (χ4v) is 9.25. The number of phosphoric ester groups is 1. The summed E-state index contributed by atoms with van der Waals surface area (Å²) >= 11 is 0. The Morgan fingerprint density at radius 3 is 1.15 bits per heavy atom. The monoisotopic (exact) mass is 899 g/mol. The van der Waals surface area contributed by atoms with Gasteiger partial charge in [0.1, 0.15) is 0 Å². The van der Waals surface area contributed by atoms with Crippen LogP contribution in [-0.4, -0.2) is 47.8 Å². The van der Waals surface area contributed by atoms with E-state index in [0.717, 1.165) is 38.5 Å². The second-order valence-electron chi connectivity index (χ2n) is 18.8. The number of amides is 1. The van der Waals surface area contributed by atoms with E-state index < -0.39 is 20.0 Å². The Kier molecular flexibility index (Phi) is 49.1. The molecule has 0 bridgehead atoms. The number of phosphoric acid groups is 1. The molecule has 0 aromatic carbocycles. The first kappa shape index (κ1) is 61.2. The highest BCUT2D eigenvalue weighted by atomic mass is 31.2. The maximum atomic E-state index is 12.8. The number of hydrogen-bond acceptors (Lipinski definition) is 6. The van der Waals surface area contributed by atoms with Crippen LogP contribution in [0.2, 0.25) is 0 Å². The van der Waals surface area contributed by atoms with Gasteiger partial charge in [0.2, 0.25) is 5.91 Å². The molecule has 0 aliphatic carbocycles. The zero-order chi connectivity index (χ0) is 45.3. The van der Waals surface area contributed by atoms with E-state index in [1.54, 1.807) is 6.08 Å². The van der Waals surface area contributed by atoms with Crippen LogP contribution < -0.4 is 11.1 Å². The molecule has 62 heavy (non-hydrogen) atoms. The highest BCUT2D eigenvalue weighted by Gasteiger charge is 2.27. The van der Waals surface area contributed by atoms with Crippen LogP contribution in [-0.2, 0) is 18.4 Å². The lowest BCUT2D eigenvalue weighted by Gasteiger charge is -2.23. The Morgan fingerprint density at radius 1 is 0.516 bits per heavy atom. The summed E-state index contributed by atoms with van der Waals surface area (Å²) in [5.41, 5.74) is 5.40. The van der Waals surface area contributed by atoms with Crippen LogP contribution in [0, 0.1) is 0 Å². The number of carbonyl (C=O) groups excluding carboxylic acids is 1. The van der Waals surface area contributed by atoms with Gasteiger partial charge in [0, 0.05) is 13.0 Å². The molecule has 0 heterocycles. The van der Waals surface area contributed by atoms with E-state index in [1.165, 1.54) is 231 Å². The third-order valence-corrected chi connectivity index (χ3v) is 13.6. The molecule has 1 unspecified atom stereocenters. The molecule has 0 aliphatic rings. The molecule has 0 aromatic rings. The van der Waals surface area contributed by atoms with Crippen molar-refractivity contribution in [2.24, 2.45) is 5.73 Å². The summed E-state index contributed by atoms with van der Waals surface area (Å²) in [5, 5.41) is 13.8. The molecule has 5 N–H and O–H groups in total. The number of carbonyl (C=O) groups is 1. The standard InChI is InChI=1S/C53H107N2O6P/c1-3-5-7-9-11-13-15-17-19-21-22-23-24-25-26-27-28-29-31-33-35-37-39-41-43-45-47-53(57)55-51(50-61-62(58,59)60-49-48-54)52(56)46-44-42-40-38-36-34-32-30-20-18-16-14-12-10-8-6-4-2/h44,46,51-52,56H,3-43,45,47-50,54H2,1-2H3,(H,55,57)(H,58,59)/b46-44+/t51-,52+/m0/s1. The first-order valence-electron chi connectivity index (χ1n) is 27.3. The minimum Gasteiger partial charge on any atom is -0.387 e.